The van der Waals surface area contributed by atoms with E-state index >= 15 is 0 Å². The number of carbonyl (C=O) groups is 1. The minimum Gasteiger partial charge on any atom is -0.289 e. The van der Waals surface area contributed by atoms with E-state index in [1.54, 1.807) is 5.48 Å². The highest BCUT2D eigenvalue weighted by Crippen LogP contribution is 2.22. The van der Waals surface area contributed by atoms with Gasteiger partial charge < -0.3 is 0 Å². The first-order valence-corrected chi connectivity index (χ1v) is 5.78. The Hall–Kier alpha value is -1.35. The largest absolute Gasteiger partial charge is 0.289 e. The summed E-state index contributed by atoms with van der Waals surface area (Å²) in [6, 6.07) is 9.58. The molecule has 16 heavy (non-hydrogen) atoms. The molecule has 0 saturated carbocycles. The molecule has 1 rings (SSSR count). The van der Waals surface area contributed by atoms with Gasteiger partial charge in [0.2, 0.25) is 0 Å². The van der Waals surface area contributed by atoms with Crippen molar-refractivity contribution in [1.82, 2.24) is 5.48 Å². The lowest BCUT2D eigenvalue weighted by atomic mass is 9.92. The van der Waals surface area contributed by atoms with Gasteiger partial charge in [-0.05, 0) is 12.0 Å². The number of amides is 1. The Morgan fingerprint density at radius 3 is 2.56 bits per heavy atom. The summed E-state index contributed by atoms with van der Waals surface area (Å²) in [6.07, 6.45) is 4.03. The maximum absolute atomic E-state index is 11.5. The molecule has 0 saturated heterocycles. The average Bonchev–Trinajstić information content (AvgIpc) is 2.35. The normalized spacial score (nSPS) is 12.1. The maximum Gasteiger partial charge on any atom is 0.250 e. The highest BCUT2D eigenvalue weighted by molar-refractivity contribution is 5.82. The lowest BCUT2D eigenvalue weighted by Gasteiger charge is -2.14. The van der Waals surface area contributed by atoms with E-state index in [1.165, 1.54) is 0 Å². The van der Waals surface area contributed by atoms with Gasteiger partial charge in [0.25, 0.3) is 5.91 Å². The summed E-state index contributed by atoms with van der Waals surface area (Å²) in [5.41, 5.74) is 2.71. The molecule has 0 fully saturated rings. The summed E-state index contributed by atoms with van der Waals surface area (Å²) < 4.78 is 0. The topological polar surface area (TPSA) is 49.3 Å². The molecule has 1 atom stereocenters. The molecule has 0 aliphatic carbocycles. The van der Waals surface area contributed by atoms with E-state index < -0.39 is 0 Å². The van der Waals surface area contributed by atoms with Crippen LogP contribution in [0.25, 0.3) is 0 Å². The summed E-state index contributed by atoms with van der Waals surface area (Å²) in [6.45, 7) is 2.13. The van der Waals surface area contributed by atoms with Crippen molar-refractivity contribution in [3.8, 4) is 0 Å². The van der Waals surface area contributed by atoms with Crippen LogP contribution in [0.15, 0.2) is 30.3 Å². The molecule has 1 aromatic rings. The molecular formula is C13H19NO2. The highest BCUT2D eigenvalue weighted by Gasteiger charge is 2.19. The Morgan fingerprint density at radius 1 is 1.31 bits per heavy atom. The number of hydroxylamine groups is 1. The van der Waals surface area contributed by atoms with Crippen LogP contribution in [0.3, 0.4) is 0 Å². The molecule has 2 N–H and O–H groups in total. The molecule has 0 radical (unpaired) electrons. The van der Waals surface area contributed by atoms with E-state index in [-0.39, 0.29) is 11.8 Å². The van der Waals surface area contributed by atoms with Crippen molar-refractivity contribution in [1.29, 1.82) is 0 Å². The SMILES string of the molecule is CCCCCC(C(=O)NO)c1ccccc1. The summed E-state index contributed by atoms with van der Waals surface area (Å²) >= 11 is 0. The van der Waals surface area contributed by atoms with Crippen molar-refractivity contribution < 1.29 is 10.0 Å². The van der Waals surface area contributed by atoms with Crippen molar-refractivity contribution in [3.05, 3.63) is 35.9 Å². The fourth-order valence-corrected chi connectivity index (χ4v) is 1.81. The van der Waals surface area contributed by atoms with Crippen molar-refractivity contribution in [3.63, 3.8) is 0 Å². The predicted molar refractivity (Wildman–Crippen MR) is 63.3 cm³/mol. The van der Waals surface area contributed by atoms with Crippen LogP contribution in [0.4, 0.5) is 0 Å². The highest BCUT2D eigenvalue weighted by atomic mass is 16.5. The summed E-state index contributed by atoms with van der Waals surface area (Å²) in [7, 11) is 0. The monoisotopic (exact) mass is 221 g/mol. The van der Waals surface area contributed by atoms with E-state index in [0.29, 0.717) is 0 Å². The van der Waals surface area contributed by atoms with Crippen LogP contribution in [0.2, 0.25) is 0 Å². The molecule has 0 bridgehead atoms. The zero-order valence-electron chi connectivity index (χ0n) is 9.65. The second kappa shape index (κ2) is 7.01. The van der Waals surface area contributed by atoms with E-state index in [0.717, 1.165) is 31.2 Å². The number of hydrogen-bond acceptors (Lipinski definition) is 2. The van der Waals surface area contributed by atoms with Gasteiger partial charge >= 0.3 is 0 Å². The van der Waals surface area contributed by atoms with Crippen molar-refractivity contribution >= 4 is 5.91 Å². The molecular weight excluding hydrogens is 202 g/mol. The standard InChI is InChI=1S/C13H19NO2/c1-2-3-5-10-12(13(15)14-16)11-8-6-4-7-9-11/h4,6-9,12,16H,2-3,5,10H2,1H3,(H,14,15). The summed E-state index contributed by atoms with van der Waals surface area (Å²) in [5, 5.41) is 8.72. The van der Waals surface area contributed by atoms with E-state index in [9.17, 15) is 4.79 Å². The minimum atomic E-state index is -0.317. The van der Waals surface area contributed by atoms with E-state index in [4.69, 9.17) is 5.21 Å². The fourth-order valence-electron chi connectivity index (χ4n) is 1.81. The molecule has 1 unspecified atom stereocenters. The van der Waals surface area contributed by atoms with Crippen molar-refractivity contribution in [2.24, 2.45) is 0 Å². The maximum atomic E-state index is 11.5. The third-order valence-corrected chi connectivity index (χ3v) is 2.72. The first kappa shape index (κ1) is 12.7. The zero-order chi connectivity index (χ0) is 11.8. The van der Waals surface area contributed by atoms with Gasteiger partial charge in [0.1, 0.15) is 0 Å². The predicted octanol–water partition coefficient (Wildman–Crippen LogP) is 2.86. The van der Waals surface area contributed by atoms with Crippen LogP contribution in [0, 0.1) is 0 Å². The van der Waals surface area contributed by atoms with Gasteiger partial charge in [0, 0.05) is 0 Å². The van der Waals surface area contributed by atoms with Crippen molar-refractivity contribution in [2.45, 2.75) is 38.5 Å². The molecule has 0 aromatic heterocycles. The number of nitrogens with one attached hydrogen (secondary N) is 1. The lowest BCUT2D eigenvalue weighted by Crippen LogP contribution is -2.26. The Morgan fingerprint density at radius 2 is 2.00 bits per heavy atom. The van der Waals surface area contributed by atoms with Crippen LogP contribution in [-0.4, -0.2) is 11.1 Å². The van der Waals surface area contributed by atoms with Crippen LogP contribution in [0.5, 0.6) is 0 Å². The van der Waals surface area contributed by atoms with Gasteiger partial charge in [-0.3, -0.25) is 10.0 Å². The van der Waals surface area contributed by atoms with Gasteiger partial charge in [0.15, 0.2) is 0 Å². The second-order valence-electron chi connectivity index (χ2n) is 3.94. The molecule has 1 aromatic carbocycles. The molecule has 88 valence electrons. The van der Waals surface area contributed by atoms with Crippen molar-refractivity contribution in [2.75, 3.05) is 0 Å². The Kier molecular flexibility index (Phi) is 5.57. The van der Waals surface area contributed by atoms with Gasteiger partial charge in [-0.15, -0.1) is 0 Å². The molecule has 0 aliphatic rings. The van der Waals surface area contributed by atoms with E-state index in [1.807, 2.05) is 30.3 Å². The number of rotatable bonds is 6. The van der Waals surface area contributed by atoms with E-state index in [2.05, 4.69) is 6.92 Å². The first-order valence-electron chi connectivity index (χ1n) is 5.78. The van der Waals surface area contributed by atoms with Gasteiger partial charge in [-0.2, -0.15) is 0 Å². The second-order valence-corrected chi connectivity index (χ2v) is 3.94. The molecule has 0 heterocycles. The first-order chi connectivity index (χ1) is 7.79. The number of carbonyl (C=O) groups excluding carboxylic acids is 1. The summed E-state index contributed by atoms with van der Waals surface area (Å²) in [4.78, 5) is 11.5. The molecule has 1 amide bonds. The molecule has 0 spiro atoms. The third kappa shape index (κ3) is 3.66. The van der Waals surface area contributed by atoms with Gasteiger partial charge in [-0.1, -0.05) is 56.5 Å². The Balaban J connectivity index is 2.68. The van der Waals surface area contributed by atoms with Gasteiger partial charge in [0.05, 0.1) is 5.92 Å². The average molecular weight is 221 g/mol. The Labute approximate surface area is 96.4 Å². The van der Waals surface area contributed by atoms with Crippen LogP contribution in [-0.2, 0) is 4.79 Å². The fraction of sp³-hybridized carbons (Fsp3) is 0.462. The van der Waals surface area contributed by atoms with Crippen LogP contribution >= 0.6 is 0 Å². The number of benzene rings is 1. The zero-order valence-corrected chi connectivity index (χ0v) is 9.65. The minimum absolute atomic E-state index is 0.238. The molecule has 3 heteroatoms. The smallest absolute Gasteiger partial charge is 0.250 e. The quantitative estimate of drug-likeness (QED) is 0.441. The number of unbranched alkanes of at least 4 members (excludes halogenated alkanes) is 2. The Bertz CT molecular complexity index is 311. The van der Waals surface area contributed by atoms with Gasteiger partial charge in [-0.25, -0.2) is 5.48 Å². The lowest BCUT2D eigenvalue weighted by molar-refractivity contribution is -0.131. The number of hydrogen-bond donors (Lipinski definition) is 2. The van der Waals surface area contributed by atoms with Crippen LogP contribution in [0.1, 0.15) is 44.1 Å². The van der Waals surface area contributed by atoms with Crippen LogP contribution < -0.4 is 5.48 Å². The molecule has 3 nitrogen and oxygen atoms in total. The molecule has 0 aliphatic heterocycles. The summed E-state index contributed by atoms with van der Waals surface area (Å²) in [5.74, 6) is -0.556. The third-order valence-electron chi connectivity index (χ3n) is 2.72.